The molecule has 0 amide bonds. The lowest BCUT2D eigenvalue weighted by Crippen LogP contribution is -2.05. The zero-order valence-electron chi connectivity index (χ0n) is 9.95. The van der Waals surface area contributed by atoms with Crippen LogP contribution in [0.2, 0.25) is 0 Å². The molecule has 0 aliphatic carbocycles. The highest BCUT2D eigenvalue weighted by Gasteiger charge is 2.19. The summed E-state index contributed by atoms with van der Waals surface area (Å²) in [6.07, 6.45) is -1.64. The lowest BCUT2D eigenvalue weighted by molar-refractivity contribution is -0.385. The Morgan fingerprint density at radius 3 is 2.30 bits per heavy atom. The topological polar surface area (TPSA) is 89.7 Å². The molecule has 0 bridgehead atoms. The molecule has 0 fully saturated rings. The Labute approximate surface area is 112 Å². The predicted octanol–water partition coefficient (Wildman–Crippen LogP) is 3.46. The van der Waals surface area contributed by atoms with Crippen LogP contribution in [0, 0.1) is 15.9 Å². The van der Waals surface area contributed by atoms with Gasteiger partial charge in [-0.1, -0.05) is 18.2 Å². The minimum Gasteiger partial charge on any atom is -0.449 e. The number of ether oxygens (including phenoxy) is 1. The summed E-state index contributed by atoms with van der Waals surface area (Å²) in [6.45, 7) is 0. The monoisotopic (exact) mass is 277 g/mol. The molecule has 1 N–H and O–H groups in total. The van der Waals surface area contributed by atoms with Gasteiger partial charge in [-0.25, -0.2) is 9.18 Å². The number of carboxylic acid groups (broad SMARTS) is 1. The fraction of sp³-hybridized carbons (Fsp3) is 0. The third-order valence-electron chi connectivity index (χ3n) is 2.53. The lowest BCUT2D eigenvalue weighted by atomic mass is 10.0. The van der Waals surface area contributed by atoms with E-state index in [0.29, 0.717) is 11.1 Å². The van der Waals surface area contributed by atoms with E-state index in [4.69, 9.17) is 5.11 Å². The number of hydrogen-bond acceptors (Lipinski definition) is 4. The predicted molar refractivity (Wildman–Crippen MR) is 67.1 cm³/mol. The fourth-order valence-electron chi connectivity index (χ4n) is 1.66. The van der Waals surface area contributed by atoms with Gasteiger partial charge in [0, 0.05) is 6.07 Å². The second kappa shape index (κ2) is 5.35. The van der Waals surface area contributed by atoms with Gasteiger partial charge in [0.2, 0.25) is 5.75 Å². The first-order chi connectivity index (χ1) is 9.47. The molecular formula is C13H8FNO5. The fourth-order valence-corrected chi connectivity index (χ4v) is 1.66. The first-order valence-electron chi connectivity index (χ1n) is 5.42. The number of halogens is 1. The van der Waals surface area contributed by atoms with E-state index >= 15 is 0 Å². The van der Waals surface area contributed by atoms with Crippen molar-refractivity contribution in [3.63, 3.8) is 0 Å². The molecule has 0 radical (unpaired) electrons. The highest BCUT2D eigenvalue weighted by molar-refractivity contribution is 5.71. The van der Waals surface area contributed by atoms with Gasteiger partial charge in [0.25, 0.3) is 0 Å². The normalized spacial score (nSPS) is 10.1. The molecule has 7 heteroatoms. The van der Waals surface area contributed by atoms with Crippen molar-refractivity contribution in [3.8, 4) is 16.9 Å². The summed E-state index contributed by atoms with van der Waals surface area (Å²) < 4.78 is 17.2. The van der Waals surface area contributed by atoms with E-state index in [1.54, 1.807) is 0 Å². The third kappa shape index (κ3) is 2.89. The molecule has 0 aliphatic heterocycles. The summed E-state index contributed by atoms with van der Waals surface area (Å²) in [5.41, 5.74) is 0.542. The SMILES string of the molecule is O=C(O)Oc1ccc(-c2ccc(F)cc2)cc1[N+](=O)[O-]. The third-order valence-corrected chi connectivity index (χ3v) is 2.53. The summed E-state index contributed by atoms with van der Waals surface area (Å²) in [6, 6.07) is 9.19. The van der Waals surface area contributed by atoms with Gasteiger partial charge in [0.1, 0.15) is 5.82 Å². The average molecular weight is 277 g/mol. The molecule has 0 spiro atoms. The zero-order valence-corrected chi connectivity index (χ0v) is 9.95. The van der Waals surface area contributed by atoms with E-state index in [1.165, 1.54) is 42.5 Å². The Balaban J connectivity index is 2.47. The number of nitro benzene ring substituents is 1. The van der Waals surface area contributed by atoms with E-state index < -0.39 is 22.6 Å². The molecule has 0 atom stereocenters. The Kier molecular flexibility index (Phi) is 3.60. The molecule has 102 valence electrons. The summed E-state index contributed by atoms with van der Waals surface area (Å²) in [5, 5.41) is 19.4. The largest absolute Gasteiger partial charge is 0.511 e. The van der Waals surface area contributed by atoms with Crippen LogP contribution in [0.5, 0.6) is 5.75 Å². The molecule has 0 saturated heterocycles. The van der Waals surface area contributed by atoms with E-state index in [-0.39, 0.29) is 5.75 Å². The number of nitrogens with zero attached hydrogens (tertiary/aromatic N) is 1. The van der Waals surface area contributed by atoms with Gasteiger partial charge in [-0.05, 0) is 29.3 Å². The van der Waals surface area contributed by atoms with Crippen molar-refractivity contribution < 1.29 is 24.0 Å². The van der Waals surface area contributed by atoms with E-state index in [9.17, 15) is 19.3 Å². The molecule has 2 rings (SSSR count). The van der Waals surface area contributed by atoms with Crippen LogP contribution in [-0.2, 0) is 0 Å². The first-order valence-corrected chi connectivity index (χ1v) is 5.42. The Hall–Kier alpha value is -2.96. The molecule has 2 aromatic rings. The summed E-state index contributed by atoms with van der Waals surface area (Å²) in [4.78, 5) is 20.6. The number of rotatable bonds is 3. The van der Waals surface area contributed by atoms with Crippen molar-refractivity contribution in [1.82, 2.24) is 0 Å². The Morgan fingerprint density at radius 2 is 1.75 bits per heavy atom. The number of carbonyl (C=O) groups is 1. The molecular weight excluding hydrogens is 269 g/mol. The van der Waals surface area contributed by atoms with Gasteiger partial charge < -0.3 is 9.84 Å². The number of benzene rings is 2. The molecule has 0 aromatic heterocycles. The smallest absolute Gasteiger partial charge is 0.449 e. The van der Waals surface area contributed by atoms with Gasteiger partial charge in [-0.3, -0.25) is 10.1 Å². The van der Waals surface area contributed by atoms with Gasteiger partial charge in [0.15, 0.2) is 0 Å². The van der Waals surface area contributed by atoms with Crippen molar-refractivity contribution in [2.75, 3.05) is 0 Å². The van der Waals surface area contributed by atoms with Crippen LogP contribution in [0.15, 0.2) is 42.5 Å². The first kappa shape index (κ1) is 13.5. The quantitative estimate of drug-likeness (QED) is 0.401. The van der Waals surface area contributed by atoms with Crippen LogP contribution in [0.1, 0.15) is 0 Å². The van der Waals surface area contributed by atoms with Crippen LogP contribution in [-0.4, -0.2) is 16.2 Å². The maximum absolute atomic E-state index is 12.8. The molecule has 0 aliphatic rings. The second-order valence-corrected chi connectivity index (χ2v) is 3.81. The average Bonchev–Trinajstić information content (AvgIpc) is 2.39. The second-order valence-electron chi connectivity index (χ2n) is 3.81. The van der Waals surface area contributed by atoms with Gasteiger partial charge in [-0.15, -0.1) is 0 Å². The van der Waals surface area contributed by atoms with E-state index in [1.807, 2.05) is 0 Å². The van der Waals surface area contributed by atoms with E-state index in [0.717, 1.165) is 0 Å². The van der Waals surface area contributed by atoms with Crippen LogP contribution in [0.3, 0.4) is 0 Å². The standard InChI is InChI=1S/C13H8FNO5/c14-10-4-1-8(2-5-10)9-3-6-12(20-13(16)17)11(7-9)15(18)19/h1-7H,(H,16,17). The van der Waals surface area contributed by atoms with Crippen molar-refractivity contribution in [3.05, 3.63) is 58.4 Å². The molecule has 0 unspecified atom stereocenters. The Morgan fingerprint density at radius 1 is 1.15 bits per heavy atom. The van der Waals surface area contributed by atoms with Crippen molar-refractivity contribution in [1.29, 1.82) is 0 Å². The summed E-state index contributed by atoms with van der Waals surface area (Å²) in [7, 11) is 0. The summed E-state index contributed by atoms with van der Waals surface area (Å²) in [5.74, 6) is -0.789. The molecule has 6 nitrogen and oxygen atoms in total. The highest BCUT2D eigenvalue weighted by Crippen LogP contribution is 2.32. The Bertz CT molecular complexity index is 669. The van der Waals surface area contributed by atoms with Gasteiger partial charge in [-0.2, -0.15) is 0 Å². The number of nitro groups is 1. The van der Waals surface area contributed by atoms with Crippen molar-refractivity contribution in [2.45, 2.75) is 0 Å². The lowest BCUT2D eigenvalue weighted by Gasteiger charge is -2.05. The van der Waals surface area contributed by atoms with Crippen LogP contribution >= 0.6 is 0 Å². The van der Waals surface area contributed by atoms with Crippen molar-refractivity contribution >= 4 is 11.8 Å². The molecule has 0 heterocycles. The van der Waals surface area contributed by atoms with E-state index in [2.05, 4.69) is 4.74 Å². The molecule has 0 saturated carbocycles. The minimum atomic E-state index is -1.64. The minimum absolute atomic E-state index is 0.367. The van der Waals surface area contributed by atoms with Gasteiger partial charge >= 0.3 is 11.8 Å². The molecule has 20 heavy (non-hydrogen) atoms. The maximum Gasteiger partial charge on any atom is 0.511 e. The maximum atomic E-state index is 12.8. The number of hydrogen-bond donors (Lipinski definition) is 1. The van der Waals surface area contributed by atoms with Crippen LogP contribution in [0.4, 0.5) is 14.9 Å². The highest BCUT2D eigenvalue weighted by atomic mass is 19.1. The zero-order chi connectivity index (χ0) is 14.7. The molecule has 2 aromatic carbocycles. The van der Waals surface area contributed by atoms with Crippen LogP contribution in [0.25, 0.3) is 11.1 Å². The summed E-state index contributed by atoms with van der Waals surface area (Å²) >= 11 is 0. The van der Waals surface area contributed by atoms with Gasteiger partial charge in [0.05, 0.1) is 4.92 Å². The van der Waals surface area contributed by atoms with Crippen LogP contribution < -0.4 is 4.74 Å². The van der Waals surface area contributed by atoms with Crippen molar-refractivity contribution in [2.24, 2.45) is 0 Å².